The van der Waals surface area contributed by atoms with E-state index in [0.29, 0.717) is 6.54 Å². The number of rotatable bonds is 0. The van der Waals surface area contributed by atoms with Gasteiger partial charge in [0.05, 0.1) is 0 Å². The standard InChI is InChI=1S/C10H11BrNO/c1-7-8-3-2-4-10(11)9(8)5-6-12(7)13/h2-4,7H,5-6H2,1H3/q+1. The number of benzene rings is 1. The van der Waals surface area contributed by atoms with Crippen molar-refractivity contribution >= 4 is 15.9 Å². The molecular weight excluding hydrogens is 230 g/mol. The van der Waals surface area contributed by atoms with Gasteiger partial charge in [0.2, 0.25) is 6.04 Å². The average molecular weight is 241 g/mol. The molecule has 1 aliphatic rings. The number of nitroso groups, excluding NO2 is 1. The van der Waals surface area contributed by atoms with E-state index in [1.54, 1.807) is 0 Å². The lowest BCUT2D eigenvalue weighted by Crippen LogP contribution is -2.23. The van der Waals surface area contributed by atoms with Crippen LogP contribution in [0.4, 0.5) is 0 Å². The molecule has 0 spiro atoms. The van der Waals surface area contributed by atoms with Crippen molar-refractivity contribution in [2.75, 3.05) is 6.54 Å². The Labute approximate surface area is 85.7 Å². The van der Waals surface area contributed by atoms with E-state index in [1.807, 2.05) is 25.1 Å². The van der Waals surface area contributed by atoms with E-state index < -0.39 is 0 Å². The lowest BCUT2D eigenvalue weighted by atomic mass is 9.95. The minimum atomic E-state index is 0.00116. The highest BCUT2D eigenvalue weighted by Crippen LogP contribution is 2.30. The van der Waals surface area contributed by atoms with Crippen molar-refractivity contribution in [2.45, 2.75) is 19.4 Å². The zero-order valence-corrected chi connectivity index (χ0v) is 9.04. The summed E-state index contributed by atoms with van der Waals surface area (Å²) in [5, 5.41) is 0. The Kier molecular flexibility index (Phi) is 2.20. The Hall–Kier alpha value is -0.700. The molecule has 1 unspecified atom stereocenters. The lowest BCUT2D eigenvalue weighted by Gasteiger charge is -2.16. The summed E-state index contributed by atoms with van der Waals surface area (Å²) in [4.78, 5) is 11.4. The van der Waals surface area contributed by atoms with Crippen molar-refractivity contribution in [1.29, 1.82) is 0 Å². The molecule has 0 saturated heterocycles. The molecule has 0 bridgehead atoms. The third-order valence-corrected chi connectivity index (χ3v) is 3.36. The lowest BCUT2D eigenvalue weighted by molar-refractivity contribution is -0.592. The van der Waals surface area contributed by atoms with Gasteiger partial charge in [-0.05, 0) is 11.6 Å². The van der Waals surface area contributed by atoms with Gasteiger partial charge in [0.1, 0.15) is 0 Å². The Bertz CT molecular complexity index is 362. The van der Waals surface area contributed by atoms with Crippen LogP contribution in [-0.2, 0) is 6.42 Å². The molecule has 0 aromatic heterocycles. The third kappa shape index (κ3) is 1.41. The third-order valence-electron chi connectivity index (χ3n) is 2.62. The quantitative estimate of drug-likeness (QED) is 0.639. The second-order valence-electron chi connectivity index (χ2n) is 3.37. The first kappa shape index (κ1) is 8.88. The van der Waals surface area contributed by atoms with Crippen LogP contribution in [-0.4, -0.2) is 11.3 Å². The molecule has 68 valence electrons. The van der Waals surface area contributed by atoms with E-state index in [4.69, 9.17) is 0 Å². The van der Waals surface area contributed by atoms with Gasteiger partial charge in [-0.1, -0.05) is 28.1 Å². The summed E-state index contributed by atoms with van der Waals surface area (Å²) >= 11 is 3.51. The predicted octanol–water partition coefficient (Wildman–Crippen LogP) is 2.85. The average Bonchev–Trinajstić information content (AvgIpc) is 2.12. The Morgan fingerprint density at radius 2 is 2.31 bits per heavy atom. The molecule has 0 amide bonds. The fourth-order valence-electron chi connectivity index (χ4n) is 1.80. The van der Waals surface area contributed by atoms with Crippen LogP contribution >= 0.6 is 15.9 Å². The summed E-state index contributed by atoms with van der Waals surface area (Å²) in [6.45, 7) is 2.56. The summed E-state index contributed by atoms with van der Waals surface area (Å²) in [7, 11) is 0. The fraction of sp³-hybridized carbons (Fsp3) is 0.400. The van der Waals surface area contributed by atoms with Gasteiger partial charge in [0.15, 0.2) is 6.54 Å². The van der Waals surface area contributed by atoms with Crippen molar-refractivity contribution in [2.24, 2.45) is 0 Å². The van der Waals surface area contributed by atoms with Gasteiger partial charge in [-0.3, -0.25) is 0 Å². The summed E-state index contributed by atoms with van der Waals surface area (Å²) in [6.07, 6.45) is 0.852. The zero-order chi connectivity index (χ0) is 9.42. The van der Waals surface area contributed by atoms with Crippen LogP contribution in [0.15, 0.2) is 22.7 Å². The zero-order valence-electron chi connectivity index (χ0n) is 7.46. The smallest absolute Gasteiger partial charge is 0.0606 e. The van der Waals surface area contributed by atoms with Crippen molar-refractivity contribution in [1.82, 2.24) is 0 Å². The minimum absolute atomic E-state index is 0.00116. The van der Waals surface area contributed by atoms with Gasteiger partial charge < -0.3 is 0 Å². The van der Waals surface area contributed by atoms with Crippen molar-refractivity contribution in [3.63, 3.8) is 0 Å². The monoisotopic (exact) mass is 240 g/mol. The maximum atomic E-state index is 11.4. The molecule has 0 fully saturated rings. The van der Waals surface area contributed by atoms with E-state index in [1.165, 1.54) is 5.56 Å². The van der Waals surface area contributed by atoms with Crippen LogP contribution in [0.2, 0.25) is 0 Å². The van der Waals surface area contributed by atoms with Gasteiger partial charge in [-0.15, -0.1) is 0 Å². The summed E-state index contributed by atoms with van der Waals surface area (Å²) in [5.74, 6) is 0. The van der Waals surface area contributed by atoms with Crippen molar-refractivity contribution in [3.8, 4) is 0 Å². The second kappa shape index (κ2) is 3.22. The molecule has 0 aliphatic carbocycles. The molecule has 1 atom stereocenters. The van der Waals surface area contributed by atoms with Gasteiger partial charge in [0.25, 0.3) is 0 Å². The normalized spacial score (nSPS) is 21.4. The van der Waals surface area contributed by atoms with Crippen LogP contribution in [0.25, 0.3) is 0 Å². The molecule has 0 saturated carbocycles. The maximum absolute atomic E-state index is 11.4. The maximum Gasteiger partial charge on any atom is 0.223 e. The van der Waals surface area contributed by atoms with Crippen LogP contribution < -0.4 is 0 Å². The number of hydrogen-bond donors (Lipinski definition) is 0. The van der Waals surface area contributed by atoms with Crippen molar-refractivity contribution < 1.29 is 4.76 Å². The van der Waals surface area contributed by atoms with E-state index >= 15 is 0 Å². The molecule has 0 radical (unpaired) electrons. The van der Waals surface area contributed by atoms with Gasteiger partial charge >= 0.3 is 0 Å². The first-order valence-corrected chi connectivity index (χ1v) is 5.20. The van der Waals surface area contributed by atoms with Crippen LogP contribution in [0.1, 0.15) is 24.1 Å². The molecule has 1 aliphatic heterocycles. The van der Waals surface area contributed by atoms with E-state index in [0.717, 1.165) is 21.2 Å². The van der Waals surface area contributed by atoms with E-state index in [2.05, 4.69) is 15.9 Å². The summed E-state index contributed by atoms with van der Waals surface area (Å²) in [5.41, 5.74) is 2.46. The molecular formula is C10H11BrNO+. The molecule has 1 aromatic carbocycles. The fourth-order valence-corrected chi connectivity index (χ4v) is 2.38. The highest BCUT2D eigenvalue weighted by Gasteiger charge is 2.30. The number of nitrogens with zero attached hydrogens (tertiary/aromatic N) is 1. The number of fused-ring (bicyclic) bond motifs is 1. The SMILES string of the molecule is CC1c2cccc(Br)c2CC[N+]1=O. The van der Waals surface area contributed by atoms with Crippen molar-refractivity contribution in [3.05, 3.63) is 38.7 Å². The summed E-state index contributed by atoms with van der Waals surface area (Å²) < 4.78 is 2.28. The molecule has 13 heavy (non-hydrogen) atoms. The molecule has 1 aromatic rings. The molecule has 2 nitrogen and oxygen atoms in total. The second-order valence-corrected chi connectivity index (χ2v) is 4.23. The Morgan fingerprint density at radius 1 is 1.54 bits per heavy atom. The topological polar surface area (TPSA) is 20.1 Å². The van der Waals surface area contributed by atoms with E-state index in [-0.39, 0.29) is 6.04 Å². The first-order chi connectivity index (χ1) is 6.20. The predicted molar refractivity (Wildman–Crippen MR) is 54.8 cm³/mol. The van der Waals surface area contributed by atoms with E-state index in [9.17, 15) is 4.91 Å². The number of halogens is 1. The highest BCUT2D eigenvalue weighted by molar-refractivity contribution is 9.10. The molecule has 2 rings (SSSR count). The van der Waals surface area contributed by atoms with Crippen LogP contribution in [0, 0.1) is 4.91 Å². The highest BCUT2D eigenvalue weighted by atomic mass is 79.9. The first-order valence-electron chi connectivity index (χ1n) is 4.41. The van der Waals surface area contributed by atoms with Crippen LogP contribution in [0.5, 0.6) is 0 Å². The Balaban J connectivity index is 2.55. The van der Waals surface area contributed by atoms with Gasteiger partial charge in [0, 0.05) is 33.0 Å². The largest absolute Gasteiger partial charge is 0.223 e. The summed E-state index contributed by atoms with van der Waals surface area (Å²) in [6, 6.07) is 6.06. The molecule has 3 heteroatoms. The Morgan fingerprint density at radius 3 is 3.08 bits per heavy atom. The van der Waals surface area contributed by atoms with Crippen LogP contribution in [0.3, 0.4) is 0 Å². The minimum Gasteiger partial charge on any atom is -0.0606 e. The van der Waals surface area contributed by atoms with Gasteiger partial charge in [-0.2, -0.15) is 0 Å². The van der Waals surface area contributed by atoms with Gasteiger partial charge in [-0.25, -0.2) is 0 Å². The molecule has 0 N–H and O–H groups in total. The number of hydrogen-bond acceptors (Lipinski definition) is 1. The molecule has 1 heterocycles.